The Balaban J connectivity index is 2.29. The van der Waals surface area contributed by atoms with Gasteiger partial charge in [-0.15, -0.1) is 0 Å². The largest absolute Gasteiger partial charge is 0.497 e. The van der Waals surface area contributed by atoms with E-state index < -0.39 is 0 Å². The van der Waals surface area contributed by atoms with Crippen LogP contribution in [0, 0.1) is 25.2 Å². The lowest BCUT2D eigenvalue weighted by molar-refractivity contribution is 0.415. The lowest BCUT2D eigenvalue weighted by atomic mass is 9.99. The smallest absolute Gasteiger partial charge is 0.140 e. The third-order valence-corrected chi connectivity index (χ3v) is 3.26. The van der Waals surface area contributed by atoms with Crippen LogP contribution < -0.4 is 10.1 Å². The monoisotopic (exact) mass is 266 g/mol. The first kappa shape index (κ1) is 14.0. The summed E-state index contributed by atoms with van der Waals surface area (Å²) in [4.78, 5) is 0. The second-order valence-electron chi connectivity index (χ2n) is 4.80. The van der Waals surface area contributed by atoms with Crippen molar-refractivity contribution < 1.29 is 4.74 Å². The number of methoxy groups -OCH3 is 1. The molecular weight excluding hydrogens is 248 g/mol. The number of anilines is 1. The van der Waals surface area contributed by atoms with E-state index in [1.54, 1.807) is 7.11 Å². The Morgan fingerprint density at radius 2 is 1.95 bits per heavy atom. The number of nitrogens with one attached hydrogen (secondary N) is 1. The van der Waals surface area contributed by atoms with Crippen molar-refractivity contribution in [3.8, 4) is 11.8 Å². The number of nitriles is 1. The molecule has 1 unspecified atom stereocenters. The van der Waals surface area contributed by atoms with Gasteiger partial charge >= 0.3 is 0 Å². The first-order valence-corrected chi connectivity index (χ1v) is 6.51. The molecule has 2 aromatic rings. The minimum absolute atomic E-state index is 0.373. The molecule has 0 saturated carbocycles. The molecule has 0 aliphatic heterocycles. The molecule has 2 aromatic carbocycles. The maximum atomic E-state index is 9.44. The van der Waals surface area contributed by atoms with E-state index in [0.717, 1.165) is 28.1 Å². The zero-order valence-corrected chi connectivity index (χ0v) is 12.0. The Labute approximate surface area is 119 Å². The first-order valence-electron chi connectivity index (χ1n) is 6.51. The third kappa shape index (κ3) is 3.10. The van der Waals surface area contributed by atoms with Crippen LogP contribution in [0.3, 0.4) is 0 Å². The fourth-order valence-corrected chi connectivity index (χ4v) is 2.13. The molecule has 1 N–H and O–H groups in total. The van der Waals surface area contributed by atoms with Crippen molar-refractivity contribution in [2.45, 2.75) is 19.9 Å². The Bertz CT molecular complexity index is 644. The zero-order valence-electron chi connectivity index (χ0n) is 12.0. The number of nitrogens with zero attached hydrogens (tertiary/aromatic N) is 1. The minimum atomic E-state index is -0.373. The Morgan fingerprint density at radius 1 is 1.15 bits per heavy atom. The molecule has 0 aliphatic rings. The SMILES string of the molecule is COc1cccc(NC(C#N)c2cc(C)ccc2C)c1. The van der Waals surface area contributed by atoms with Crippen LogP contribution in [0.5, 0.6) is 5.75 Å². The van der Waals surface area contributed by atoms with Gasteiger partial charge in [0, 0.05) is 11.8 Å². The van der Waals surface area contributed by atoms with Crippen LogP contribution >= 0.6 is 0 Å². The van der Waals surface area contributed by atoms with Crippen LogP contribution in [0.15, 0.2) is 42.5 Å². The van der Waals surface area contributed by atoms with Gasteiger partial charge in [-0.1, -0.05) is 29.8 Å². The van der Waals surface area contributed by atoms with E-state index in [9.17, 15) is 5.26 Å². The fourth-order valence-electron chi connectivity index (χ4n) is 2.13. The molecule has 0 bridgehead atoms. The van der Waals surface area contributed by atoms with Gasteiger partial charge in [-0.05, 0) is 37.1 Å². The second-order valence-corrected chi connectivity index (χ2v) is 4.80. The summed E-state index contributed by atoms with van der Waals surface area (Å²) in [5, 5.41) is 12.7. The Hall–Kier alpha value is -2.47. The molecule has 3 nitrogen and oxygen atoms in total. The van der Waals surface area contributed by atoms with Gasteiger partial charge < -0.3 is 10.1 Å². The summed E-state index contributed by atoms with van der Waals surface area (Å²) < 4.78 is 5.20. The summed E-state index contributed by atoms with van der Waals surface area (Å²) >= 11 is 0. The lowest BCUT2D eigenvalue weighted by Crippen LogP contribution is -2.10. The van der Waals surface area contributed by atoms with Crippen molar-refractivity contribution in [2.24, 2.45) is 0 Å². The lowest BCUT2D eigenvalue weighted by Gasteiger charge is -2.16. The molecule has 0 radical (unpaired) electrons. The molecule has 2 rings (SSSR count). The van der Waals surface area contributed by atoms with Gasteiger partial charge in [0.2, 0.25) is 0 Å². The first-order chi connectivity index (χ1) is 9.63. The predicted molar refractivity (Wildman–Crippen MR) is 80.9 cm³/mol. The number of rotatable bonds is 4. The minimum Gasteiger partial charge on any atom is -0.497 e. The van der Waals surface area contributed by atoms with Crippen molar-refractivity contribution in [3.05, 3.63) is 59.2 Å². The summed E-state index contributed by atoms with van der Waals surface area (Å²) in [6, 6.07) is 15.7. The Kier molecular flexibility index (Phi) is 4.27. The third-order valence-electron chi connectivity index (χ3n) is 3.26. The van der Waals surface area contributed by atoms with Gasteiger partial charge in [-0.25, -0.2) is 0 Å². The quantitative estimate of drug-likeness (QED) is 0.910. The van der Waals surface area contributed by atoms with Crippen LogP contribution in [-0.2, 0) is 0 Å². The van der Waals surface area contributed by atoms with Gasteiger partial charge in [-0.2, -0.15) is 5.26 Å². The van der Waals surface area contributed by atoms with E-state index in [0.29, 0.717) is 0 Å². The molecule has 0 aliphatic carbocycles. The number of aryl methyl sites for hydroxylation is 2. The number of benzene rings is 2. The number of hydrogen-bond donors (Lipinski definition) is 1. The molecule has 20 heavy (non-hydrogen) atoms. The molecule has 1 atom stereocenters. The van der Waals surface area contributed by atoms with E-state index in [1.807, 2.05) is 44.2 Å². The molecular formula is C17H18N2O. The molecule has 0 aromatic heterocycles. The number of ether oxygens (including phenoxy) is 1. The Morgan fingerprint density at radius 3 is 2.65 bits per heavy atom. The van der Waals surface area contributed by atoms with Crippen LogP contribution in [-0.4, -0.2) is 7.11 Å². The van der Waals surface area contributed by atoms with Gasteiger partial charge in [0.05, 0.1) is 13.2 Å². The maximum Gasteiger partial charge on any atom is 0.140 e. The van der Waals surface area contributed by atoms with E-state index >= 15 is 0 Å². The van der Waals surface area contributed by atoms with Gasteiger partial charge in [0.1, 0.15) is 11.8 Å². The van der Waals surface area contributed by atoms with Gasteiger partial charge in [0.15, 0.2) is 0 Å². The summed E-state index contributed by atoms with van der Waals surface area (Å²) in [5.41, 5.74) is 4.14. The van der Waals surface area contributed by atoms with Crippen LogP contribution in [0.25, 0.3) is 0 Å². The normalized spacial score (nSPS) is 11.5. The van der Waals surface area contributed by atoms with E-state index in [1.165, 1.54) is 0 Å². The van der Waals surface area contributed by atoms with Crippen LogP contribution in [0.4, 0.5) is 5.69 Å². The molecule has 102 valence electrons. The summed E-state index contributed by atoms with van der Waals surface area (Å²) in [6.07, 6.45) is 0. The summed E-state index contributed by atoms with van der Waals surface area (Å²) in [5.74, 6) is 0.771. The molecule has 3 heteroatoms. The highest BCUT2D eigenvalue weighted by atomic mass is 16.5. The average Bonchev–Trinajstić information content (AvgIpc) is 2.47. The highest BCUT2D eigenvalue weighted by Crippen LogP contribution is 2.25. The molecule has 0 amide bonds. The highest BCUT2D eigenvalue weighted by molar-refractivity contribution is 5.52. The van der Waals surface area contributed by atoms with Gasteiger partial charge in [-0.3, -0.25) is 0 Å². The average molecular weight is 266 g/mol. The van der Waals surface area contributed by atoms with E-state index in [-0.39, 0.29) is 6.04 Å². The fraction of sp³-hybridized carbons (Fsp3) is 0.235. The van der Waals surface area contributed by atoms with Crippen LogP contribution in [0.2, 0.25) is 0 Å². The zero-order chi connectivity index (χ0) is 14.5. The maximum absolute atomic E-state index is 9.44. The summed E-state index contributed by atoms with van der Waals surface area (Å²) in [7, 11) is 1.63. The number of hydrogen-bond acceptors (Lipinski definition) is 3. The standard InChI is InChI=1S/C17H18N2O/c1-12-7-8-13(2)16(9-12)17(11-18)19-14-5-4-6-15(10-14)20-3/h4-10,17,19H,1-3H3. The second kappa shape index (κ2) is 6.12. The van der Waals surface area contributed by atoms with Crippen molar-refractivity contribution in [2.75, 3.05) is 12.4 Å². The van der Waals surface area contributed by atoms with Crippen LogP contribution in [0.1, 0.15) is 22.7 Å². The predicted octanol–water partition coefficient (Wildman–Crippen LogP) is 3.99. The van der Waals surface area contributed by atoms with E-state index in [4.69, 9.17) is 4.74 Å². The molecule has 0 heterocycles. The van der Waals surface area contributed by atoms with Crippen molar-refractivity contribution in [1.29, 1.82) is 5.26 Å². The molecule has 0 saturated heterocycles. The highest BCUT2D eigenvalue weighted by Gasteiger charge is 2.13. The molecule has 0 spiro atoms. The topological polar surface area (TPSA) is 45.0 Å². The van der Waals surface area contributed by atoms with Crippen molar-refractivity contribution in [3.63, 3.8) is 0 Å². The summed E-state index contributed by atoms with van der Waals surface area (Å²) in [6.45, 7) is 4.05. The van der Waals surface area contributed by atoms with E-state index in [2.05, 4.69) is 23.5 Å². The van der Waals surface area contributed by atoms with Crippen molar-refractivity contribution >= 4 is 5.69 Å². The van der Waals surface area contributed by atoms with Crippen molar-refractivity contribution in [1.82, 2.24) is 0 Å². The van der Waals surface area contributed by atoms with Gasteiger partial charge in [0.25, 0.3) is 0 Å². The molecule has 0 fully saturated rings.